The fourth-order valence-electron chi connectivity index (χ4n) is 2.65. The lowest BCUT2D eigenvalue weighted by Crippen LogP contribution is -2.14. The molecule has 0 aliphatic carbocycles. The minimum atomic E-state index is -3.71. The van der Waals surface area contributed by atoms with Gasteiger partial charge >= 0.3 is 5.97 Å². The van der Waals surface area contributed by atoms with Crippen LogP contribution in [0.15, 0.2) is 71.6 Å². The number of aryl methyl sites for hydroxylation is 2. The highest BCUT2D eigenvalue weighted by molar-refractivity contribution is 7.92. The van der Waals surface area contributed by atoms with E-state index in [1.807, 2.05) is 13.0 Å². The molecule has 1 N–H and O–H groups in total. The molecule has 7 heteroatoms. The van der Waals surface area contributed by atoms with Gasteiger partial charge in [0.2, 0.25) is 0 Å². The number of sulfonamides is 1. The zero-order chi connectivity index (χ0) is 20.3. The number of anilines is 1. The quantitative estimate of drug-likeness (QED) is 0.471. The molecule has 0 aliphatic heterocycles. The van der Waals surface area contributed by atoms with Crippen molar-refractivity contribution in [1.82, 2.24) is 0 Å². The summed E-state index contributed by atoms with van der Waals surface area (Å²) in [6.45, 7) is 3.65. The van der Waals surface area contributed by atoms with Crippen LogP contribution in [0.5, 0.6) is 5.75 Å². The van der Waals surface area contributed by atoms with Gasteiger partial charge in [0, 0.05) is 10.7 Å². The molecule has 0 aromatic heterocycles. The Bertz CT molecular complexity index is 1110. The summed E-state index contributed by atoms with van der Waals surface area (Å²) in [6.07, 6.45) is 0. The molecule has 5 nitrogen and oxygen atoms in total. The maximum absolute atomic E-state index is 12.6. The van der Waals surface area contributed by atoms with Crippen LogP contribution in [0.4, 0.5) is 5.69 Å². The van der Waals surface area contributed by atoms with Crippen molar-refractivity contribution in [2.45, 2.75) is 18.7 Å². The van der Waals surface area contributed by atoms with Crippen LogP contribution in [-0.2, 0) is 10.0 Å². The number of rotatable bonds is 5. The Balaban J connectivity index is 1.72. The first-order valence-electron chi connectivity index (χ1n) is 8.42. The third kappa shape index (κ3) is 4.71. The molecule has 28 heavy (non-hydrogen) atoms. The number of carbonyl (C=O) groups excluding carboxylic acids is 1. The number of carbonyl (C=O) groups is 1. The molecule has 144 valence electrons. The summed E-state index contributed by atoms with van der Waals surface area (Å²) in [5.74, 6) is -0.227. The molecule has 0 aliphatic rings. The molecular formula is C21H18ClNO4S. The molecular weight excluding hydrogens is 398 g/mol. The second-order valence-corrected chi connectivity index (χ2v) is 8.38. The molecule has 0 spiro atoms. The molecule has 0 saturated carbocycles. The van der Waals surface area contributed by atoms with Gasteiger partial charge in [-0.25, -0.2) is 13.2 Å². The highest BCUT2D eigenvalue weighted by Crippen LogP contribution is 2.23. The first kappa shape index (κ1) is 19.9. The zero-order valence-electron chi connectivity index (χ0n) is 15.3. The number of ether oxygens (including phenoxy) is 1. The molecule has 0 bridgehead atoms. The van der Waals surface area contributed by atoms with E-state index in [-0.39, 0.29) is 4.90 Å². The van der Waals surface area contributed by atoms with Gasteiger partial charge in [-0.1, -0.05) is 29.3 Å². The number of benzene rings is 3. The zero-order valence-corrected chi connectivity index (χ0v) is 16.8. The van der Waals surface area contributed by atoms with Crippen LogP contribution >= 0.6 is 11.6 Å². The first-order valence-corrected chi connectivity index (χ1v) is 10.3. The van der Waals surface area contributed by atoms with Gasteiger partial charge in [0.15, 0.2) is 0 Å². The minimum absolute atomic E-state index is 0.219. The van der Waals surface area contributed by atoms with E-state index in [9.17, 15) is 13.2 Å². The van der Waals surface area contributed by atoms with Crippen LogP contribution in [0.3, 0.4) is 0 Å². The molecule has 0 fully saturated rings. The summed E-state index contributed by atoms with van der Waals surface area (Å²) >= 11 is 5.80. The Morgan fingerprint density at radius 1 is 0.929 bits per heavy atom. The van der Waals surface area contributed by atoms with Gasteiger partial charge in [-0.2, -0.15) is 0 Å². The summed E-state index contributed by atoms with van der Waals surface area (Å²) in [6, 6.07) is 17.6. The Morgan fingerprint density at radius 2 is 1.57 bits per heavy atom. The molecule has 3 aromatic carbocycles. The van der Waals surface area contributed by atoms with Crippen LogP contribution in [0.25, 0.3) is 0 Å². The summed E-state index contributed by atoms with van der Waals surface area (Å²) in [4.78, 5) is 12.3. The largest absolute Gasteiger partial charge is 0.423 e. The fourth-order valence-corrected chi connectivity index (χ4v) is 4.07. The Labute approximate surface area is 169 Å². The van der Waals surface area contributed by atoms with E-state index in [0.29, 0.717) is 27.6 Å². The summed E-state index contributed by atoms with van der Waals surface area (Å²) in [5.41, 5.74) is 2.39. The monoisotopic (exact) mass is 415 g/mol. The van der Waals surface area contributed by atoms with Crippen molar-refractivity contribution in [1.29, 1.82) is 0 Å². The second kappa shape index (κ2) is 8.04. The van der Waals surface area contributed by atoms with Crippen molar-refractivity contribution in [3.8, 4) is 5.75 Å². The minimum Gasteiger partial charge on any atom is -0.423 e. The molecule has 0 atom stereocenters. The topological polar surface area (TPSA) is 72.5 Å². The van der Waals surface area contributed by atoms with E-state index in [0.717, 1.165) is 5.56 Å². The van der Waals surface area contributed by atoms with E-state index in [1.165, 1.54) is 24.3 Å². The Hall–Kier alpha value is -2.83. The fraction of sp³-hybridized carbons (Fsp3) is 0.0952. The maximum Gasteiger partial charge on any atom is 0.343 e. The van der Waals surface area contributed by atoms with Gasteiger partial charge < -0.3 is 4.74 Å². The average Bonchev–Trinajstić information content (AvgIpc) is 2.63. The highest BCUT2D eigenvalue weighted by Gasteiger charge is 2.17. The van der Waals surface area contributed by atoms with Gasteiger partial charge in [-0.05, 0) is 74.0 Å². The van der Waals surface area contributed by atoms with E-state index in [1.54, 1.807) is 43.3 Å². The summed E-state index contributed by atoms with van der Waals surface area (Å²) < 4.78 is 33.0. The first-order chi connectivity index (χ1) is 13.2. The third-order valence-electron chi connectivity index (χ3n) is 4.02. The lowest BCUT2D eigenvalue weighted by Gasteiger charge is -2.11. The van der Waals surface area contributed by atoms with Crippen LogP contribution in [0.2, 0.25) is 5.02 Å². The molecule has 0 saturated heterocycles. The SMILES string of the molecule is Cc1ccc(S(=O)(=O)Nc2ccc(OC(=O)c3ccc(Cl)cc3)cc2)c(C)c1. The van der Waals surface area contributed by atoms with Crippen LogP contribution < -0.4 is 9.46 Å². The van der Waals surface area contributed by atoms with Crippen LogP contribution in [0, 0.1) is 13.8 Å². The van der Waals surface area contributed by atoms with Crippen LogP contribution in [-0.4, -0.2) is 14.4 Å². The number of nitrogens with one attached hydrogen (secondary N) is 1. The Kier molecular flexibility index (Phi) is 5.72. The van der Waals surface area contributed by atoms with Crippen molar-refractivity contribution in [3.05, 3.63) is 88.4 Å². The van der Waals surface area contributed by atoms with Crippen LogP contribution in [0.1, 0.15) is 21.5 Å². The second-order valence-electron chi connectivity index (χ2n) is 6.30. The van der Waals surface area contributed by atoms with Gasteiger partial charge in [-0.3, -0.25) is 4.72 Å². The molecule has 3 aromatic rings. The third-order valence-corrected chi connectivity index (χ3v) is 5.81. The van der Waals surface area contributed by atoms with Crippen molar-refractivity contribution in [2.75, 3.05) is 4.72 Å². The predicted octanol–water partition coefficient (Wildman–Crippen LogP) is 4.98. The van der Waals surface area contributed by atoms with E-state index >= 15 is 0 Å². The normalized spacial score (nSPS) is 11.1. The summed E-state index contributed by atoms with van der Waals surface area (Å²) in [5, 5.41) is 0.525. The van der Waals surface area contributed by atoms with E-state index < -0.39 is 16.0 Å². The number of halogens is 1. The highest BCUT2D eigenvalue weighted by atomic mass is 35.5. The number of esters is 1. The van der Waals surface area contributed by atoms with E-state index in [2.05, 4.69) is 4.72 Å². The molecule has 0 amide bonds. The number of hydrogen-bond donors (Lipinski definition) is 1. The van der Waals surface area contributed by atoms with Gasteiger partial charge in [0.1, 0.15) is 5.75 Å². The standard InChI is InChI=1S/C21H18ClNO4S/c1-14-3-12-20(15(2)13-14)28(25,26)23-18-8-10-19(11-9-18)27-21(24)16-4-6-17(22)7-5-16/h3-13,23H,1-2H3. The lowest BCUT2D eigenvalue weighted by molar-refractivity contribution is 0.0735. The summed E-state index contributed by atoms with van der Waals surface area (Å²) in [7, 11) is -3.71. The lowest BCUT2D eigenvalue weighted by atomic mass is 10.2. The predicted molar refractivity (Wildman–Crippen MR) is 110 cm³/mol. The van der Waals surface area contributed by atoms with Crippen molar-refractivity contribution < 1.29 is 17.9 Å². The molecule has 3 rings (SSSR count). The number of hydrogen-bond acceptors (Lipinski definition) is 4. The van der Waals surface area contributed by atoms with E-state index in [4.69, 9.17) is 16.3 Å². The van der Waals surface area contributed by atoms with Gasteiger partial charge in [-0.15, -0.1) is 0 Å². The maximum atomic E-state index is 12.6. The van der Waals surface area contributed by atoms with Crippen molar-refractivity contribution in [3.63, 3.8) is 0 Å². The average molecular weight is 416 g/mol. The van der Waals surface area contributed by atoms with Gasteiger partial charge in [0.05, 0.1) is 10.5 Å². The molecule has 0 radical (unpaired) electrons. The van der Waals surface area contributed by atoms with Gasteiger partial charge in [0.25, 0.3) is 10.0 Å². The smallest absolute Gasteiger partial charge is 0.343 e. The van der Waals surface area contributed by atoms with Crippen molar-refractivity contribution >= 4 is 33.3 Å². The molecule has 0 unspecified atom stereocenters. The Morgan fingerprint density at radius 3 is 2.18 bits per heavy atom. The van der Waals surface area contributed by atoms with Crippen molar-refractivity contribution in [2.24, 2.45) is 0 Å². The molecule has 0 heterocycles.